The lowest BCUT2D eigenvalue weighted by molar-refractivity contribution is 0.109. The SMILES string of the molecule is FC1(Cc2ccco2)CCNCC1. The number of furan rings is 1. The summed E-state index contributed by atoms with van der Waals surface area (Å²) in [7, 11) is 0. The second kappa shape index (κ2) is 3.50. The van der Waals surface area contributed by atoms with Crippen molar-refractivity contribution in [3.63, 3.8) is 0 Å². The maximum Gasteiger partial charge on any atom is 0.120 e. The second-order valence-corrected chi connectivity index (χ2v) is 3.66. The normalized spacial score (nSPS) is 21.6. The molecule has 0 spiro atoms. The van der Waals surface area contributed by atoms with Crippen LogP contribution < -0.4 is 5.32 Å². The first kappa shape index (κ1) is 8.75. The Labute approximate surface area is 77.1 Å². The monoisotopic (exact) mass is 183 g/mol. The van der Waals surface area contributed by atoms with E-state index >= 15 is 0 Å². The summed E-state index contributed by atoms with van der Waals surface area (Å²) in [5.41, 5.74) is -1.05. The Balaban J connectivity index is 1.99. The molecule has 1 aliphatic heterocycles. The van der Waals surface area contributed by atoms with Crippen LogP contribution >= 0.6 is 0 Å². The molecular weight excluding hydrogens is 169 g/mol. The lowest BCUT2D eigenvalue weighted by atomic mass is 9.90. The molecule has 1 N–H and O–H groups in total. The van der Waals surface area contributed by atoms with E-state index in [1.807, 2.05) is 6.07 Å². The van der Waals surface area contributed by atoms with Gasteiger partial charge in [0, 0.05) is 6.42 Å². The molecule has 0 aliphatic carbocycles. The highest BCUT2D eigenvalue weighted by Gasteiger charge is 2.32. The number of rotatable bonds is 2. The van der Waals surface area contributed by atoms with E-state index < -0.39 is 5.67 Å². The molecule has 0 aromatic carbocycles. The molecule has 1 fully saturated rings. The van der Waals surface area contributed by atoms with Crippen molar-refractivity contribution in [3.8, 4) is 0 Å². The summed E-state index contributed by atoms with van der Waals surface area (Å²) >= 11 is 0. The molecule has 1 aliphatic rings. The van der Waals surface area contributed by atoms with Gasteiger partial charge in [0.15, 0.2) is 0 Å². The zero-order valence-corrected chi connectivity index (χ0v) is 7.55. The molecule has 0 bridgehead atoms. The van der Waals surface area contributed by atoms with Crippen molar-refractivity contribution in [2.24, 2.45) is 0 Å². The van der Waals surface area contributed by atoms with E-state index in [1.54, 1.807) is 12.3 Å². The van der Waals surface area contributed by atoms with Crippen LogP contribution in [0.15, 0.2) is 22.8 Å². The van der Waals surface area contributed by atoms with Crippen molar-refractivity contribution in [2.45, 2.75) is 24.9 Å². The highest BCUT2D eigenvalue weighted by atomic mass is 19.1. The Hall–Kier alpha value is -0.830. The molecule has 0 radical (unpaired) electrons. The minimum atomic E-state index is -1.05. The van der Waals surface area contributed by atoms with Crippen LogP contribution in [0.1, 0.15) is 18.6 Å². The predicted molar refractivity (Wildman–Crippen MR) is 48.4 cm³/mol. The smallest absolute Gasteiger partial charge is 0.120 e. The average Bonchev–Trinajstić information content (AvgIpc) is 2.57. The van der Waals surface area contributed by atoms with Crippen molar-refractivity contribution >= 4 is 0 Å². The van der Waals surface area contributed by atoms with Crippen LogP contribution in [0.2, 0.25) is 0 Å². The van der Waals surface area contributed by atoms with Crippen molar-refractivity contribution in [1.29, 1.82) is 0 Å². The van der Waals surface area contributed by atoms with Crippen LogP contribution in [-0.4, -0.2) is 18.8 Å². The zero-order valence-electron chi connectivity index (χ0n) is 7.55. The van der Waals surface area contributed by atoms with Crippen molar-refractivity contribution in [2.75, 3.05) is 13.1 Å². The summed E-state index contributed by atoms with van der Waals surface area (Å²) < 4.78 is 19.2. The van der Waals surface area contributed by atoms with E-state index in [2.05, 4.69) is 5.32 Å². The number of alkyl halides is 1. The molecule has 72 valence electrons. The summed E-state index contributed by atoms with van der Waals surface area (Å²) in [5.74, 6) is 0.754. The van der Waals surface area contributed by atoms with Crippen LogP contribution in [0.5, 0.6) is 0 Å². The lowest BCUT2D eigenvalue weighted by Gasteiger charge is -2.29. The Kier molecular flexibility index (Phi) is 2.36. The van der Waals surface area contributed by atoms with Gasteiger partial charge in [-0.05, 0) is 38.1 Å². The molecule has 0 atom stereocenters. The van der Waals surface area contributed by atoms with Gasteiger partial charge in [-0.2, -0.15) is 0 Å². The van der Waals surface area contributed by atoms with E-state index in [1.165, 1.54) is 0 Å². The summed E-state index contributed by atoms with van der Waals surface area (Å²) in [4.78, 5) is 0. The second-order valence-electron chi connectivity index (χ2n) is 3.66. The van der Waals surface area contributed by atoms with Gasteiger partial charge < -0.3 is 9.73 Å². The van der Waals surface area contributed by atoms with Gasteiger partial charge in [-0.3, -0.25) is 0 Å². The quantitative estimate of drug-likeness (QED) is 0.757. The van der Waals surface area contributed by atoms with E-state index in [0.717, 1.165) is 18.8 Å². The minimum Gasteiger partial charge on any atom is -0.469 e. The van der Waals surface area contributed by atoms with Crippen LogP contribution in [0.3, 0.4) is 0 Å². The van der Waals surface area contributed by atoms with Gasteiger partial charge in [-0.1, -0.05) is 0 Å². The third-order valence-corrected chi connectivity index (χ3v) is 2.57. The Morgan fingerprint density at radius 3 is 2.85 bits per heavy atom. The van der Waals surface area contributed by atoms with Crippen LogP contribution in [0.4, 0.5) is 4.39 Å². The highest BCUT2D eigenvalue weighted by Crippen LogP contribution is 2.27. The molecule has 0 saturated carbocycles. The fraction of sp³-hybridized carbons (Fsp3) is 0.600. The lowest BCUT2D eigenvalue weighted by Crippen LogP contribution is -2.40. The summed E-state index contributed by atoms with van der Waals surface area (Å²) in [6.45, 7) is 1.55. The molecular formula is C10H14FNO. The molecule has 1 aromatic rings. The molecule has 0 amide bonds. The fourth-order valence-electron chi connectivity index (χ4n) is 1.78. The number of nitrogens with one attached hydrogen (secondary N) is 1. The predicted octanol–water partition coefficient (Wildman–Crippen LogP) is 1.91. The van der Waals surface area contributed by atoms with Gasteiger partial charge in [-0.15, -0.1) is 0 Å². The van der Waals surface area contributed by atoms with Gasteiger partial charge in [0.2, 0.25) is 0 Å². The fourth-order valence-corrected chi connectivity index (χ4v) is 1.78. The molecule has 2 rings (SSSR count). The third kappa shape index (κ3) is 2.10. The van der Waals surface area contributed by atoms with Crippen molar-refractivity contribution in [3.05, 3.63) is 24.2 Å². The molecule has 1 saturated heterocycles. The Bertz CT molecular complexity index is 252. The van der Waals surface area contributed by atoms with Gasteiger partial charge >= 0.3 is 0 Å². The molecule has 2 heterocycles. The van der Waals surface area contributed by atoms with Crippen molar-refractivity contribution in [1.82, 2.24) is 5.32 Å². The molecule has 2 nitrogen and oxygen atoms in total. The molecule has 3 heteroatoms. The first-order chi connectivity index (χ1) is 6.29. The van der Waals surface area contributed by atoms with Gasteiger partial charge in [0.1, 0.15) is 11.4 Å². The topological polar surface area (TPSA) is 25.2 Å². The highest BCUT2D eigenvalue weighted by molar-refractivity contribution is 5.04. The summed E-state index contributed by atoms with van der Waals surface area (Å²) in [6.07, 6.45) is 3.20. The van der Waals surface area contributed by atoms with Gasteiger partial charge in [-0.25, -0.2) is 4.39 Å². The molecule has 0 unspecified atom stereocenters. The van der Waals surface area contributed by atoms with Crippen LogP contribution in [0.25, 0.3) is 0 Å². The summed E-state index contributed by atoms with van der Waals surface area (Å²) in [6, 6.07) is 3.64. The van der Waals surface area contributed by atoms with E-state index in [-0.39, 0.29) is 0 Å². The number of hydrogen-bond donors (Lipinski definition) is 1. The van der Waals surface area contributed by atoms with Gasteiger partial charge in [0.05, 0.1) is 6.26 Å². The van der Waals surface area contributed by atoms with Gasteiger partial charge in [0.25, 0.3) is 0 Å². The molecule has 13 heavy (non-hydrogen) atoms. The largest absolute Gasteiger partial charge is 0.469 e. The first-order valence-corrected chi connectivity index (χ1v) is 4.71. The maximum absolute atomic E-state index is 14.0. The third-order valence-electron chi connectivity index (χ3n) is 2.57. The van der Waals surface area contributed by atoms with E-state index in [9.17, 15) is 4.39 Å². The standard InChI is InChI=1S/C10H14FNO/c11-10(3-5-12-6-4-10)8-9-2-1-7-13-9/h1-2,7,12H,3-6,8H2. The van der Waals surface area contributed by atoms with E-state index in [4.69, 9.17) is 4.42 Å². The number of piperidine rings is 1. The Morgan fingerprint density at radius 1 is 1.46 bits per heavy atom. The van der Waals surface area contributed by atoms with Crippen LogP contribution in [0, 0.1) is 0 Å². The minimum absolute atomic E-state index is 0.418. The van der Waals surface area contributed by atoms with Crippen LogP contribution in [-0.2, 0) is 6.42 Å². The average molecular weight is 183 g/mol. The number of halogens is 1. The maximum atomic E-state index is 14.0. The van der Waals surface area contributed by atoms with E-state index in [0.29, 0.717) is 19.3 Å². The Morgan fingerprint density at radius 2 is 2.23 bits per heavy atom. The summed E-state index contributed by atoms with van der Waals surface area (Å²) in [5, 5.41) is 3.15. The number of hydrogen-bond acceptors (Lipinski definition) is 2. The zero-order chi connectivity index (χ0) is 9.15. The van der Waals surface area contributed by atoms with Crippen molar-refractivity contribution < 1.29 is 8.81 Å². The first-order valence-electron chi connectivity index (χ1n) is 4.71. The molecule has 1 aromatic heterocycles.